The lowest BCUT2D eigenvalue weighted by Gasteiger charge is -2.37. The van der Waals surface area contributed by atoms with E-state index < -0.39 is 11.7 Å². The van der Waals surface area contributed by atoms with E-state index >= 15 is 0 Å². The number of rotatable bonds is 3. The Bertz CT molecular complexity index is 776. The number of benzene rings is 1. The molecule has 0 radical (unpaired) electrons. The minimum Gasteiger partial charge on any atom is -0.388 e. The summed E-state index contributed by atoms with van der Waals surface area (Å²) in [4.78, 5) is 18.8. The van der Waals surface area contributed by atoms with E-state index in [1.165, 1.54) is 56.0 Å². The number of nitrogens with two attached hydrogens (primary N) is 1. The van der Waals surface area contributed by atoms with Crippen molar-refractivity contribution in [3.8, 4) is 0 Å². The Hall–Kier alpha value is -2.83. The number of hydrogen-bond donors (Lipinski definition) is 2. The highest BCUT2D eigenvalue weighted by Crippen LogP contribution is 2.42. The Labute approximate surface area is 171 Å². The van der Waals surface area contributed by atoms with Crippen molar-refractivity contribution in [3.05, 3.63) is 59.9 Å². The minimum atomic E-state index is -0.511. The standard InChI is InChI=1S/C12H8F2N2O.C7H14.C3H8N2/c13-8-1-4-10(5-2-8)16-12(17)11-6-3-9(14)7-15-11;1-3-7(2)5-4-6-7;1-3(4)5-2/h1-7H,(H,16,17);3-6H2,1-2H3;1-2H3,(H2,4,5). The molecule has 1 amide bonds. The first-order valence-electron chi connectivity index (χ1n) is 9.56. The maximum atomic E-state index is 12.6. The molecule has 1 aromatic carbocycles. The molecule has 1 aliphatic rings. The van der Waals surface area contributed by atoms with E-state index in [0.29, 0.717) is 11.5 Å². The van der Waals surface area contributed by atoms with E-state index in [1.807, 2.05) is 0 Å². The normalized spacial score (nSPS) is 14.3. The summed E-state index contributed by atoms with van der Waals surface area (Å²) in [6, 6.07) is 7.73. The largest absolute Gasteiger partial charge is 0.388 e. The van der Waals surface area contributed by atoms with Crippen molar-refractivity contribution in [1.82, 2.24) is 4.98 Å². The molecule has 0 bridgehead atoms. The molecule has 1 aliphatic carbocycles. The number of aromatic nitrogens is 1. The molecule has 0 unspecified atom stereocenters. The van der Waals surface area contributed by atoms with Crippen molar-refractivity contribution in [1.29, 1.82) is 0 Å². The van der Waals surface area contributed by atoms with E-state index in [4.69, 9.17) is 5.73 Å². The summed E-state index contributed by atoms with van der Waals surface area (Å²) >= 11 is 0. The van der Waals surface area contributed by atoms with Gasteiger partial charge in [0.2, 0.25) is 0 Å². The van der Waals surface area contributed by atoms with Crippen LogP contribution in [0.3, 0.4) is 0 Å². The van der Waals surface area contributed by atoms with Gasteiger partial charge in [-0.1, -0.05) is 26.7 Å². The Balaban J connectivity index is 0.000000288. The first kappa shape index (κ1) is 24.2. The molecule has 0 spiro atoms. The van der Waals surface area contributed by atoms with Crippen LogP contribution in [0.4, 0.5) is 14.5 Å². The first-order valence-corrected chi connectivity index (χ1v) is 9.56. The maximum Gasteiger partial charge on any atom is 0.274 e. The molecule has 1 fully saturated rings. The van der Waals surface area contributed by atoms with Crippen molar-refractivity contribution < 1.29 is 13.6 Å². The van der Waals surface area contributed by atoms with E-state index in [0.717, 1.165) is 17.7 Å². The van der Waals surface area contributed by atoms with E-state index in [2.05, 4.69) is 29.1 Å². The molecule has 0 saturated heterocycles. The summed E-state index contributed by atoms with van der Waals surface area (Å²) in [6.07, 6.45) is 6.77. The van der Waals surface area contributed by atoms with Crippen LogP contribution in [0.25, 0.3) is 0 Å². The van der Waals surface area contributed by atoms with E-state index in [9.17, 15) is 13.6 Å². The number of carbonyl (C=O) groups excluding carboxylic acids is 1. The number of carbonyl (C=O) groups is 1. The number of amidine groups is 1. The Morgan fingerprint density at radius 1 is 1.17 bits per heavy atom. The lowest BCUT2D eigenvalue weighted by Crippen LogP contribution is -2.23. The molecular formula is C22H30F2N4O. The van der Waals surface area contributed by atoms with Gasteiger partial charge in [-0.3, -0.25) is 9.79 Å². The number of nitrogens with one attached hydrogen (secondary N) is 1. The van der Waals surface area contributed by atoms with E-state index in [1.54, 1.807) is 14.0 Å². The molecule has 1 heterocycles. The topological polar surface area (TPSA) is 80.4 Å². The zero-order valence-corrected chi connectivity index (χ0v) is 17.5. The van der Waals surface area contributed by atoms with Gasteiger partial charge in [-0.05, 0) is 61.6 Å². The van der Waals surface area contributed by atoms with Crippen LogP contribution in [0.15, 0.2) is 47.6 Å². The predicted octanol–water partition coefficient (Wildman–Crippen LogP) is 5.19. The summed E-state index contributed by atoms with van der Waals surface area (Å²) < 4.78 is 25.2. The van der Waals surface area contributed by atoms with Crippen LogP contribution in [0.5, 0.6) is 0 Å². The molecule has 1 saturated carbocycles. The van der Waals surface area contributed by atoms with Crippen LogP contribution in [0.2, 0.25) is 0 Å². The Morgan fingerprint density at radius 2 is 1.72 bits per heavy atom. The van der Waals surface area contributed by atoms with Gasteiger partial charge in [-0.15, -0.1) is 0 Å². The minimum absolute atomic E-state index is 0.0933. The summed E-state index contributed by atoms with van der Waals surface area (Å²) in [7, 11) is 1.66. The van der Waals surface area contributed by atoms with Crippen molar-refractivity contribution >= 4 is 17.4 Å². The summed E-state index contributed by atoms with van der Waals surface area (Å²) in [6.45, 7) is 6.43. The van der Waals surface area contributed by atoms with Crippen LogP contribution >= 0.6 is 0 Å². The van der Waals surface area contributed by atoms with Gasteiger partial charge < -0.3 is 11.1 Å². The average molecular weight is 405 g/mol. The highest BCUT2D eigenvalue weighted by atomic mass is 19.1. The molecule has 158 valence electrons. The number of pyridine rings is 1. The zero-order chi connectivity index (χ0) is 21.9. The van der Waals surface area contributed by atoms with Crippen LogP contribution in [0.1, 0.15) is 56.9 Å². The number of nitrogens with zero attached hydrogens (tertiary/aromatic N) is 2. The third-order valence-electron chi connectivity index (χ3n) is 4.83. The van der Waals surface area contributed by atoms with Crippen LogP contribution in [0, 0.1) is 17.0 Å². The molecule has 1 aromatic heterocycles. The fraction of sp³-hybridized carbons (Fsp3) is 0.409. The van der Waals surface area contributed by atoms with Crippen LogP contribution in [-0.4, -0.2) is 23.8 Å². The molecule has 3 rings (SSSR count). The maximum absolute atomic E-state index is 12.6. The number of amides is 1. The summed E-state index contributed by atoms with van der Waals surface area (Å²) in [5.74, 6) is -0.743. The predicted molar refractivity (Wildman–Crippen MR) is 114 cm³/mol. The molecule has 5 nitrogen and oxygen atoms in total. The molecule has 2 aromatic rings. The molecule has 0 atom stereocenters. The summed E-state index contributed by atoms with van der Waals surface area (Å²) in [5, 5.41) is 2.51. The SMILES string of the molecule is CCC1(C)CCC1.CN=C(C)N.O=C(Nc1ccc(F)cc1)c1ccc(F)cn1. The Morgan fingerprint density at radius 3 is 2.07 bits per heavy atom. The monoisotopic (exact) mass is 404 g/mol. The zero-order valence-electron chi connectivity index (χ0n) is 17.5. The van der Waals surface area contributed by atoms with Crippen LogP contribution in [-0.2, 0) is 0 Å². The highest BCUT2D eigenvalue weighted by molar-refractivity contribution is 6.02. The van der Waals surface area contributed by atoms with Gasteiger partial charge in [-0.2, -0.15) is 0 Å². The second-order valence-corrected chi connectivity index (χ2v) is 7.21. The van der Waals surface area contributed by atoms with Gasteiger partial charge in [0.1, 0.15) is 17.3 Å². The fourth-order valence-electron chi connectivity index (χ4n) is 2.37. The second kappa shape index (κ2) is 11.9. The highest BCUT2D eigenvalue weighted by Gasteiger charge is 2.28. The van der Waals surface area contributed by atoms with Gasteiger partial charge in [0.05, 0.1) is 12.0 Å². The first-order chi connectivity index (χ1) is 13.7. The van der Waals surface area contributed by atoms with Crippen LogP contribution < -0.4 is 11.1 Å². The lowest BCUT2D eigenvalue weighted by molar-refractivity contribution is 0.102. The van der Waals surface area contributed by atoms with Gasteiger partial charge in [0.15, 0.2) is 0 Å². The fourth-order valence-corrected chi connectivity index (χ4v) is 2.37. The van der Waals surface area contributed by atoms with Crippen molar-refractivity contribution in [2.75, 3.05) is 12.4 Å². The molecule has 7 heteroatoms. The summed E-state index contributed by atoms with van der Waals surface area (Å²) in [5.41, 5.74) is 6.35. The Kier molecular flexibility index (Phi) is 9.92. The molecular weight excluding hydrogens is 374 g/mol. The van der Waals surface area contributed by atoms with Crippen molar-refractivity contribution in [2.24, 2.45) is 16.1 Å². The molecule has 3 N–H and O–H groups in total. The van der Waals surface area contributed by atoms with Gasteiger partial charge in [0.25, 0.3) is 5.91 Å². The van der Waals surface area contributed by atoms with Crippen molar-refractivity contribution in [2.45, 2.75) is 46.5 Å². The second-order valence-electron chi connectivity index (χ2n) is 7.21. The van der Waals surface area contributed by atoms with Gasteiger partial charge in [0, 0.05) is 12.7 Å². The number of aliphatic imine (C=N–C) groups is 1. The molecule has 29 heavy (non-hydrogen) atoms. The smallest absolute Gasteiger partial charge is 0.274 e. The van der Waals surface area contributed by atoms with Gasteiger partial charge >= 0.3 is 0 Å². The van der Waals surface area contributed by atoms with Gasteiger partial charge in [-0.25, -0.2) is 13.8 Å². The van der Waals surface area contributed by atoms with E-state index in [-0.39, 0.29) is 11.5 Å². The number of halogens is 2. The third kappa shape index (κ3) is 9.27. The lowest BCUT2D eigenvalue weighted by atomic mass is 9.69. The van der Waals surface area contributed by atoms with Crippen molar-refractivity contribution in [3.63, 3.8) is 0 Å². The quantitative estimate of drug-likeness (QED) is 0.545. The average Bonchev–Trinajstić information content (AvgIpc) is 2.69. The third-order valence-corrected chi connectivity index (χ3v) is 4.83. The number of hydrogen-bond acceptors (Lipinski definition) is 3. The molecule has 0 aliphatic heterocycles. The number of anilines is 1.